The van der Waals surface area contributed by atoms with Crippen molar-refractivity contribution in [2.24, 2.45) is 0 Å². The van der Waals surface area contributed by atoms with Crippen molar-refractivity contribution >= 4 is 17.6 Å². The number of amides is 2. The largest absolute Gasteiger partial charge is 0.390 e. The number of anilines is 1. The number of carbonyl (C=O) groups is 2. The molecule has 1 aliphatic carbocycles. The first-order chi connectivity index (χ1) is 15.9. The predicted octanol–water partition coefficient (Wildman–Crippen LogP) is 1.05. The maximum Gasteiger partial charge on any atom is 0.270 e. The fourth-order valence-corrected chi connectivity index (χ4v) is 4.42. The van der Waals surface area contributed by atoms with Crippen LogP contribution in [0.15, 0.2) is 36.7 Å². The predicted molar refractivity (Wildman–Crippen MR) is 125 cm³/mol. The molecule has 4 rings (SSSR count). The van der Waals surface area contributed by atoms with Gasteiger partial charge in [0.05, 0.1) is 6.10 Å². The van der Waals surface area contributed by atoms with Crippen molar-refractivity contribution in [2.75, 3.05) is 32.0 Å². The summed E-state index contributed by atoms with van der Waals surface area (Å²) in [4.78, 5) is 36.2. The number of fused-ring (bicyclic) bond motifs is 1. The standard InChI is InChI=1S/C24H32N6O3/c1-16(31)29(2)20-9-19(10-20)28-23-11-22(26-15-27-23)24(33)25-12-21(32)14-30-8-7-17-5-3-4-6-18(17)13-30/h3-6,11,15,19-21,32H,7-10,12-14H2,1-2H3,(H,25,33)(H,26,27,28)/t19?,20?,21-/m0/s1. The number of hydrogen-bond acceptors (Lipinski definition) is 7. The highest BCUT2D eigenvalue weighted by atomic mass is 16.3. The molecule has 1 fully saturated rings. The van der Waals surface area contributed by atoms with E-state index in [0.717, 1.165) is 32.4 Å². The highest BCUT2D eigenvalue weighted by Crippen LogP contribution is 2.27. The molecular formula is C24H32N6O3. The Morgan fingerprint density at radius 2 is 2.00 bits per heavy atom. The smallest absolute Gasteiger partial charge is 0.270 e. The molecule has 2 aromatic rings. The Morgan fingerprint density at radius 1 is 1.24 bits per heavy atom. The zero-order valence-electron chi connectivity index (χ0n) is 19.2. The summed E-state index contributed by atoms with van der Waals surface area (Å²) in [7, 11) is 1.81. The minimum atomic E-state index is -0.663. The monoisotopic (exact) mass is 452 g/mol. The van der Waals surface area contributed by atoms with E-state index in [0.29, 0.717) is 12.4 Å². The van der Waals surface area contributed by atoms with Crippen molar-refractivity contribution in [3.63, 3.8) is 0 Å². The van der Waals surface area contributed by atoms with Gasteiger partial charge in [-0.05, 0) is 30.4 Å². The molecule has 1 aromatic carbocycles. The highest BCUT2D eigenvalue weighted by molar-refractivity contribution is 5.92. The third-order valence-corrected chi connectivity index (χ3v) is 6.59. The normalized spacial score (nSPS) is 20.8. The molecule has 33 heavy (non-hydrogen) atoms. The second-order valence-corrected chi connectivity index (χ2v) is 9.00. The van der Waals surface area contributed by atoms with Crippen LogP contribution >= 0.6 is 0 Å². The lowest BCUT2D eigenvalue weighted by atomic mass is 9.85. The van der Waals surface area contributed by atoms with Crippen LogP contribution in [0.2, 0.25) is 0 Å². The molecule has 0 bridgehead atoms. The van der Waals surface area contributed by atoms with E-state index in [2.05, 4.69) is 43.7 Å². The lowest BCUT2D eigenvalue weighted by Crippen LogP contribution is -2.50. The molecule has 1 aliphatic heterocycles. The van der Waals surface area contributed by atoms with Crippen molar-refractivity contribution in [1.29, 1.82) is 0 Å². The van der Waals surface area contributed by atoms with Gasteiger partial charge in [0.25, 0.3) is 5.91 Å². The molecule has 0 saturated heterocycles. The maximum atomic E-state index is 12.5. The van der Waals surface area contributed by atoms with E-state index in [1.54, 1.807) is 17.9 Å². The van der Waals surface area contributed by atoms with Gasteiger partial charge in [-0.3, -0.25) is 14.5 Å². The zero-order valence-corrected chi connectivity index (χ0v) is 19.2. The van der Waals surface area contributed by atoms with Crippen LogP contribution in [0, 0.1) is 0 Å². The van der Waals surface area contributed by atoms with Crippen LogP contribution in [0.4, 0.5) is 5.82 Å². The number of rotatable bonds is 8. The number of carbonyl (C=O) groups excluding carboxylic acids is 2. The molecule has 1 aromatic heterocycles. The first-order valence-corrected chi connectivity index (χ1v) is 11.5. The van der Waals surface area contributed by atoms with Crippen LogP contribution in [-0.2, 0) is 17.8 Å². The molecule has 9 heteroatoms. The number of nitrogens with one attached hydrogen (secondary N) is 2. The molecule has 176 valence electrons. The Kier molecular flexibility index (Phi) is 7.20. The Morgan fingerprint density at radius 3 is 2.76 bits per heavy atom. The summed E-state index contributed by atoms with van der Waals surface area (Å²) >= 11 is 0. The van der Waals surface area contributed by atoms with Crippen LogP contribution in [0.1, 0.15) is 41.4 Å². The number of β-amino-alcohol motifs (C(OH)–C–C–N with tert-alkyl or cyclic N) is 1. The van der Waals surface area contributed by atoms with Gasteiger partial charge in [0.2, 0.25) is 5.91 Å². The topological polar surface area (TPSA) is 111 Å². The van der Waals surface area contributed by atoms with Gasteiger partial charge in [0, 0.05) is 58.3 Å². The Bertz CT molecular complexity index is 994. The summed E-state index contributed by atoms with van der Waals surface area (Å²) in [5.74, 6) is 0.301. The SMILES string of the molecule is CC(=O)N(C)C1CC(Nc2cc(C(=O)NC[C@H](O)CN3CCc4ccccc4C3)ncn2)C1. The molecule has 3 N–H and O–H groups in total. The third kappa shape index (κ3) is 5.85. The van der Waals surface area contributed by atoms with Crippen molar-refractivity contribution in [2.45, 2.75) is 50.9 Å². The summed E-state index contributed by atoms with van der Waals surface area (Å²) in [5.41, 5.74) is 2.92. The van der Waals surface area contributed by atoms with E-state index in [1.165, 1.54) is 17.5 Å². The molecule has 0 unspecified atom stereocenters. The third-order valence-electron chi connectivity index (χ3n) is 6.59. The average molecular weight is 453 g/mol. The summed E-state index contributed by atoms with van der Waals surface area (Å²) in [5, 5.41) is 16.5. The van der Waals surface area contributed by atoms with Gasteiger partial charge in [-0.15, -0.1) is 0 Å². The molecule has 9 nitrogen and oxygen atoms in total. The lowest BCUT2D eigenvalue weighted by Gasteiger charge is -2.41. The molecule has 1 saturated carbocycles. The van der Waals surface area contributed by atoms with Crippen molar-refractivity contribution in [3.8, 4) is 0 Å². The second-order valence-electron chi connectivity index (χ2n) is 9.00. The lowest BCUT2D eigenvalue weighted by molar-refractivity contribution is -0.131. The molecule has 1 atom stereocenters. The summed E-state index contributed by atoms with van der Waals surface area (Å²) in [6.07, 6.45) is 3.35. The van der Waals surface area contributed by atoms with Crippen molar-refractivity contribution in [1.82, 2.24) is 25.1 Å². The van der Waals surface area contributed by atoms with Crippen LogP contribution < -0.4 is 10.6 Å². The molecule has 2 amide bonds. The quantitative estimate of drug-likeness (QED) is 0.549. The van der Waals surface area contributed by atoms with Crippen LogP contribution in [0.3, 0.4) is 0 Å². The number of aliphatic hydroxyl groups excluding tert-OH is 1. The average Bonchev–Trinajstić information content (AvgIpc) is 2.79. The molecule has 2 heterocycles. The van der Waals surface area contributed by atoms with Gasteiger partial charge >= 0.3 is 0 Å². The Hall–Kier alpha value is -3.04. The van der Waals surface area contributed by atoms with Gasteiger partial charge in [0.1, 0.15) is 17.8 Å². The number of aliphatic hydroxyl groups is 1. The first kappa shape index (κ1) is 23.1. The molecule has 2 aliphatic rings. The van der Waals surface area contributed by atoms with Gasteiger partial charge < -0.3 is 20.6 Å². The second kappa shape index (κ2) is 10.3. The highest BCUT2D eigenvalue weighted by Gasteiger charge is 2.33. The summed E-state index contributed by atoms with van der Waals surface area (Å²) in [6.45, 7) is 3.94. The van der Waals surface area contributed by atoms with E-state index >= 15 is 0 Å². The summed E-state index contributed by atoms with van der Waals surface area (Å²) < 4.78 is 0. The minimum absolute atomic E-state index is 0.0618. The van der Waals surface area contributed by atoms with Crippen LogP contribution in [0.25, 0.3) is 0 Å². The van der Waals surface area contributed by atoms with Gasteiger partial charge in [-0.2, -0.15) is 0 Å². The number of nitrogens with zero attached hydrogens (tertiary/aromatic N) is 4. The number of benzene rings is 1. The molecule has 0 radical (unpaired) electrons. The molecular weight excluding hydrogens is 420 g/mol. The van der Waals surface area contributed by atoms with Crippen LogP contribution in [-0.4, -0.2) is 81.6 Å². The first-order valence-electron chi connectivity index (χ1n) is 11.5. The van der Waals surface area contributed by atoms with E-state index in [9.17, 15) is 14.7 Å². The van der Waals surface area contributed by atoms with Gasteiger partial charge in [-0.25, -0.2) is 9.97 Å². The fraction of sp³-hybridized carbons (Fsp3) is 0.500. The summed E-state index contributed by atoms with van der Waals surface area (Å²) in [6, 6.07) is 10.4. The van der Waals surface area contributed by atoms with E-state index in [4.69, 9.17) is 0 Å². The fourth-order valence-electron chi connectivity index (χ4n) is 4.42. The van der Waals surface area contributed by atoms with E-state index in [-0.39, 0.29) is 36.1 Å². The minimum Gasteiger partial charge on any atom is -0.390 e. The Labute approximate surface area is 194 Å². The van der Waals surface area contributed by atoms with E-state index in [1.807, 2.05) is 13.1 Å². The number of hydrogen-bond donors (Lipinski definition) is 3. The van der Waals surface area contributed by atoms with Crippen molar-refractivity contribution in [3.05, 3.63) is 53.5 Å². The van der Waals surface area contributed by atoms with Crippen LogP contribution in [0.5, 0.6) is 0 Å². The Balaban J connectivity index is 1.22. The maximum absolute atomic E-state index is 12.5. The van der Waals surface area contributed by atoms with Crippen molar-refractivity contribution < 1.29 is 14.7 Å². The van der Waals surface area contributed by atoms with Gasteiger partial charge in [0.15, 0.2) is 0 Å². The molecule has 0 spiro atoms. The van der Waals surface area contributed by atoms with Gasteiger partial charge in [-0.1, -0.05) is 24.3 Å². The van der Waals surface area contributed by atoms with E-state index < -0.39 is 6.10 Å². The zero-order chi connectivity index (χ0) is 23.4. The number of aromatic nitrogens is 2.